The van der Waals surface area contributed by atoms with Gasteiger partial charge >= 0.3 is 0 Å². The minimum absolute atomic E-state index is 0.894. The van der Waals surface area contributed by atoms with Crippen LogP contribution in [0.4, 0.5) is 17.1 Å². The van der Waals surface area contributed by atoms with Crippen LogP contribution < -0.4 is 4.90 Å². The zero-order valence-corrected chi connectivity index (χ0v) is 26.5. The maximum atomic E-state index is 6.38. The first-order valence-electron chi connectivity index (χ1n) is 16.6. The summed E-state index contributed by atoms with van der Waals surface area (Å²) >= 11 is 0. The topological polar surface area (TPSA) is 29.5 Å². The molecule has 0 spiro atoms. The molecule has 0 fully saturated rings. The molecular formula is C46H29NO2. The number of nitrogens with zero attached hydrogens (tertiary/aromatic N) is 1. The average Bonchev–Trinajstić information content (AvgIpc) is 3.74. The number of rotatable bonds is 5. The molecule has 3 nitrogen and oxygen atoms in total. The van der Waals surface area contributed by atoms with Gasteiger partial charge < -0.3 is 13.7 Å². The van der Waals surface area contributed by atoms with E-state index in [1.54, 1.807) is 0 Å². The van der Waals surface area contributed by atoms with Gasteiger partial charge in [-0.25, -0.2) is 0 Å². The van der Waals surface area contributed by atoms with Gasteiger partial charge in [0.25, 0.3) is 0 Å². The van der Waals surface area contributed by atoms with E-state index in [4.69, 9.17) is 8.83 Å². The van der Waals surface area contributed by atoms with Gasteiger partial charge in [-0.2, -0.15) is 0 Å². The maximum Gasteiger partial charge on any atom is 0.143 e. The molecule has 0 amide bonds. The molecule has 49 heavy (non-hydrogen) atoms. The van der Waals surface area contributed by atoms with Crippen molar-refractivity contribution < 1.29 is 8.83 Å². The minimum Gasteiger partial charge on any atom is -0.456 e. The summed E-state index contributed by atoms with van der Waals surface area (Å²) in [6, 6.07) is 62.1. The SMILES string of the molecule is c1cc(-c2ccc3c(c2)oc2ccccc23)cc(N(c2ccc(-c3cccc4c3oc3ccccc34)cc2)c2cccc3ccccc23)c1. The van der Waals surface area contributed by atoms with Gasteiger partial charge in [0.2, 0.25) is 0 Å². The van der Waals surface area contributed by atoms with Gasteiger partial charge in [0.15, 0.2) is 0 Å². The van der Waals surface area contributed by atoms with Crippen LogP contribution in [0.1, 0.15) is 0 Å². The highest BCUT2D eigenvalue weighted by Gasteiger charge is 2.18. The van der Waals surface area contributed by atoms with Gasteiger partial charge in [0.05, 0.1) is 5.69 Å². The predicted molar refractivity (Wildman–Crippen MR) is 204 cm³/mol. The average molecular weight is 628 g/mol. The summed E-state index contributed by atoms with van der Waals surface area (Å²) < 4.78 is 12.6. The molecule has 0 unspecified atom stereocenters. The normalized spacial score (nSPS) is 11.7. The zero-order valence-electron chi connectivity index (χ0n) is 26.5. The number of furan rings is 2. The van der Waals surface area contributed by atoms with Crippen LogP contribution in [0.3, 0.4) is 0 Å². The molecule has 2 heterocycles. The van der Waals surface area contributed by atoms with Crippen LogP contribution in [-0.2, 0) is 0 Å². The lowest BCUT2D eigenvalue weighted by Gasteiger charge is -2.27. The molecule has 0 radical (unpaired) electrons. The molecule has 0 saturated heterocycles. The van der Waals surface area contributed by atoms with E-state index >= 15 is 0 Å². The first kappa shape index (κ1) is 27.5. The number of benzene rings is 8. The van der Waals surface area contributed by atoms with Crippen LogP contribution in [0.5, 0.6) is 0 Å². The molecular weight excluding hydrogens is 599 g/mol. The maximum absolute atomic E-state index is 6.38. The highest BCUT2D eigenvalue weighted by atomic mass is 16.3. The Labute approximate surface area is 282 Å². The van der Waals surface area contributed by atoms with Crippen LogP contribution >= 0.6 is 0 Å². The largest absolute Gasteiger partial charge is 0.456 e. The van der Waals surface area contributed by atoms with Gasteiger partial charge in [-0.15, -0.1) is 0 Å². The molecule has 0 saturated carbocycles. The third-order valence-corrected chi connectivity index (χ3v) is 9.66. The van der Waals surface area contributed by atoms with Crippen molar-refractivity contribution in [1.29, 1.82) is 0 Å². The van der Waals surface area contributed by atoms with Crippen molar-refractivity contribution in [2.75, 3.05) is 4.90 Å². The Morgan fingerprint density at radius 3 is 1.82 bits per heavy atom. The first-order chi connectivity index (χ1) is 24.3. The summed E-state index contributed by atoms with van der Waals surface area (Å²) in [7, 11) is 0. The lowest BCUT2D eigenvalue weighted by Crippen LogP contribution is -2.10. The number of para-hydroxylation sites is 3. The zero-order chi connectivity index (χ0) is 32.3. The standard InChI is InChI=1S/C46H29NO2/c1-2-14-36-30(10-1)11-8-19-42(36)47(34-25-22-31(23-26-34)37-17-9-18-41-39-16-4-6-21-44(39)49-46(37)41)35-13-7-12-32(28-35)33-24-27-40-38-15-3-5-20-43(38)48-45(40)29-33/h1-29H. The molecule has 2 aromatic heterocycles. The molecule has 0 aliphatic carbocycles. The lowest BCUT2D eigenvalue weighted by molar-refractivity contribution is 0.669. The quantitative estimate of drug-likeness (QED) is 0.190. The monoisotopic (exact) mass is 627 g/mol. The molecule has 230 valence electrons. The van der Waals surface area contributed by atoms with Gasteiger partial charge in [-0.3, -0.25) is 0 Å². The Morgan fingerprint density at radius 1 is 0.347 bits per heavy atom. The fourth-order valence-electron chi connectivity index (χ4n) is 7.33. The Morgan fingerprint density at radius 2 is 0.959 bits per heavy atom. The van der Waals surface area contributed by atoms with E-state index in [9.17, 15) is 0 Å². The molecule has 3 heteroatoms. The molecule has 0 atom stereocenters. The predicted octanol–water partition coefficient (Wildman–Crippen LogP) is 13.4. The Bertz CT molecular complexity index is 2830. The van der Waals surface area contributed by atoms with E-state index in [0.29, 0.717) is 0 Å². The van der Waals surface area contributed by atoms with E-state index in [-0.39, 0.29) is 0 Å². The second-order valence-electron chi connectivity index (χ2n) is 12.5. The van der Waals surface area contributed by atoms with Gasteiger partial charge in [-0.1, -0.05) is 121 Å². The molecule has 0 N–H and O–H groups in total. The summed E-state index contributed by atoms with van der Waals surface area (Å²) in [5.41, 5.74) is 11.3. The van der Waals surface area contributed by atoms with E-state index < -0.39 is 0 Å². The fourth-order valence-corrected chi connectivity index (χ4v) is 7.33. The molecule has 10 aromatic rings. The Balaban J connectivity index is 1.11. The molecule has 10 rings (SSSR count). The summed E-state index contributed by atoms with van der Waals surface area (Å²) in [4.78, 5) is 2.36. The van der Waals surface area contributed by atoms with E-state index in [1.165, 1.54) is 10.8 Å². The highest BCUT2D eigenvalue weighted by molar-refractivity contribution is 6.10. The number of hydrogen-bond acceptors (Lipinski definition) is 3. The Hall–Kier alpha value is -6.58. The summed E-state index contributed by atoms with van der Waals surface area (Å²) in [5.74, 6) is 0. The van der Waals surface area contributed by atoms with Crippen LogP contribution in [0.2, 0.25) is 0 Å². The van der Waals surface area contributed by atoms with Crippen LogP contribution in [-0.4, -0.2) is 0 Å². The summed E-state index contributed by atoms with van der Waals surface area (Å²) in [6.07, 6.45) is 0. The van der Waals surface area contributed by atoms with Crippen molar-refractivity contribution in [2.45, 2.75) is 0 Å². The van der Waals surface area contributed by atoms with Crippen molar-refractivity contribution in [3.8, 4) is 22.3 Å². The number of hydrogen-bond donors (Lipinski definition) is 0. The minimum atomic E-state index is 0.894. The molecule has 0 aliphatic heterocycles. The fraction of sp³-hybridized carbons (Fsp3) is 0. The van der Waals surface area contributed by atoms with Gasteiger partial charge in [0, 0.05) is 43.9 Å². The van der Waals surface area contributed by atoms with E-state index in [0.717, 1.165) is 83.2 Å². The lowest BCUT2D eigenvalue weighted by atomic mass is 10.0. The van der Waals surface area contributed by atoms with Crippen LogP contribution in [0, 0.1) is 0 Å². The van der Waals surface area contributed by atoms with Crippen molar-refractivity contribution in [2.24, 2.45) is 0 Å². The van der Waals surface area contributed by atoms with Crippen LogP contribution in [0.25, 0.3) is 76.9 Å². The van der Waals surface area contributed by atoms with E-state index in [1.807, 2.05) is 24.3 Å². The summed E-state index contributed by atoms with van der Waals surface area (Å²) in [5, 5.41) is 6.93. The van der Waals surface area contributed by atoms with Crippen molar-refractivity contribution in [3.63, 3.8) is 0 Å². The smallest absolute Gasteiger partial charge is 0.143 e. The Kier molecular flexibility index (Phi) is 6.18. The van der Waals surface area contributed by atoms with Crippen molar-refractivity contribution in [3.05, 3.63) is 176 Å². The van der Waals surface area contributed by atoms with Crippen molar-refractivity contribution in [1.82, 2.24) is 0 Å². The number of fused-ring (bicyclic) bond motifs is 7. The second-order valence-corrected chi connectivity index (χ2v) is 12.5. The second kappa shape index (κ2) is 11.0. The third-order valence-electron chi connectivity index (χ3n) is 9.66. The summed E-state index contributed by atoms with van der Waals surface area (Å²) in [6.45, 7) is 0. The first-order valence-corrected chi connectivity index (χ1v) is 16.6. The van der Waals surface area contributed by atoms with Crippen LogP contribution in [0.15, 0.2) is 185 Å². The third kappa shape index (κ3) is 4.51. The van der Waals surface area contributed by atoms with Gasteiger partial charge in [-0.05, 0) is 76.7 Å². The van der Waals surface area contributed by atoms with E-state index in [2.05, 4.69) is 157 Å². The molecule has 0 aliphatic rings. The van der Waals surface area contributed by atoms with Gasteiger partial charge in [0.1, 0.15) is 22.3 Å². The number of anilines is 3. The van der Waals surface area contributed by atoms with Crippen molar-refractivity contribution >= 4 is 71.7 Å². The molecule has 0 bridgehead atoms. The molecule has 8 aromatic carbocycles. The highest BCUT2D eigenvalue weighted by Crippen LogP contribution is 2.42.